The Labute approximate surface area is 119 Å². The van der Waals surface area contributed by atoms with Gasteiger partial charge in [-0.1, -0.05) is 13.0 Å². The van der Waals surface area contributed by atoms with Crippen molar-refractivity contribution >= 4 is 5.69 Å². The number of halogens is 3. The predicted octanol–water partition coefficient (Wildman–Crippen LogP) is 4.05. The second-order valence-electron chi connectivity index (χ2n) is 5.59. The molecule has 1 rings (SSSR count). The molecule has 0 aliphatic heterocycles. The Bertz CT molecular complexity index is 453. The lowest BCUT2D eigenvalue weighted by atomic mass is 9.97. The van der Waals surface area contributed by atoms with Crippen LogP contribution in [0.5, 0.6) is 0 Å². The van der Waals surface area contributed by atoms with Gasteiger partial charge in [0.2, 0.25) is 0 Å². The normalized spacial score (nSPS) is 12.6. The lowest BCUT2D eigenvalue weighted by Gasteiger charge is -2.37. The van der Waals surface area contributed by atoms with Gasteiger partial charge in [-0.15, -0.1) is 0 Å². The Morgan fingerprint density at radius 2 is 1.80 bits per heavy atom. The average molecular weight is 288 g/mol. The van der Waals surface area contributed by atoms with Crippen LogP contribution in [0.2, 0.25) is 0 Å². The lowest BCUT2D eigenvalue weighted by Crippen LogP contribution is -2.40. The number of nitrogens with one attached hydrogen (secondary N) is 1. The van der Waals surface area contributed by atoms with Gasteiger partial charge in [-0.25, -0.2) is 0 Å². The van der Waals surface area contributed by atoms with Crippen LogP contribution in [0.15, 0.2) is 18.2 Å². The molecule has 0 radical (unpaired) electrons. The molecule has 0 aliphatic carbocycles. The molecule has 0 spiro atoms. The van der Waals surface area contributed by atoms with Gasteiger partial charge in [0.25, 0.3) is 0 Å². The highest BCUT2D eigenvalue weighted by Gasteiger charge is 2.34. The lowest BCUT2D eigenvalue weighted by molar-refractivity contribution is -0.138. The maximum Gasteiger partial charge on any atom is 0.416 e. The van der Waals surface area contributed by atoms with Gasteiger partial charge >= 0.3 is 6.18 Å². The van der Waals surface area contributed by atoms with Gasteiger partial charge in [-0.05, 0) is 45.0 Å². The fourth-order valence-electron chi connectivity index (χ4n) is 1.97. The first-order valence-electron chi connectivity index (χ1n) is 6.72. The number of benzene rings is 1. The first kappa shape index (κ1) is 16.8. The van der Waals surface area contributed by atoms with Crippen LogP contribution in [0.4, 0.5) is 18.9 Å². The summed E-state index contributed by atoms with van der Waals surface area (Å²) < 4.78 is 39.4. The zero-order valence-corrected chi connectivity index (χ0v) is 12.7. The van der Waals surface area contributed by atoms with Crippen LogP contribution in [0, 0.1) is 0 Å². The van der Waals surface area contributed by atoms with Crippen molar-refractivity contribution in [1.29, 1.82) is 0 Å². The minimum absolute atomic E-state index is 0.187. The van der Waals surface area contributed by atoms with Crippen LogP contribution in [-0.4, -0.2) is 19.6 Å². The van der Waals surface area contributed by atoms with Crippen LogP contribution in [0.3, 0.4) is 0 Å². The van der Waals surface area contributed by atoms with Gasteiger partial charge in [-0.3, -0.25) is 0 Å². The van der Waals surface area contributed by atoms with E-state index in [0.717, 1.165) is 6.42 Å². The summed E-state index contributed by atoms with van der Waals surface area (Å²) in [4.78, 5) is 1.89. The number of anilines is 1. The van der Waals surface area contributed by atoms with Gasteiger partial charge in [0.15, 0.2) is 0 Å². The SMILES string of the molecule is CCC(C)(C)N(C)c1ccc(CNC)c(C(F)(F)F)c1. The highest BCUT2D eigenvalue weighted by Crippen LogP contribution is 2.36. The fraction of sp³-hybridized carbons (Fsp3) is 0.600. The number of rotatable bonds is 5. The maximum absolute atomic E-state index is 13.1. The van der Waals surface area contributed by atoms with Crippen LogP contribution >= 0.6 is 0 Å². The van der Waals surface area contributed by atoms with Gasteiger partial charge < -0.3 is 10.2 Å². The molecule has 2 nitrogen and oxygen atoms in total. The first-order valence-corrected chi connectivity index (χ1v) is 6.72. The zero-order chi connectivity index (χ0) is 15.6. The van der Waals surface area contributed by atoms with Crippen LogP contribution in [0.1, 0.15) is 38.3 Å². The topological polar surface area (TPSA) is 15.3 Å². The Morgan fingerprint density at radius 1 is 1.20 bits per heavy atom. The van der Waals surface area contributed by atoms with Gasteiger partial charge in [0, 0.05) is 24.8 Å². The molecule has 0 unspecified atom stereocenters. The molecule has 1 N–H and O–H groups in total. The number of nitrogens with zero attached hydrogens (tertiary/aromatic N) is 1. The summed E-state index contributed by atoms with van der Waals surface area (Å²) in [6.45, 7) is 6.26. The largest absolute Gasteiger partial charge is 0.416 e. The third-order valence-electron chi connectivity index (χ3n) is 3.93. The highest BCUT2D eigenvalue weighted by molar-refractivity contribution is 5.53. The van der Waals surface area contributed by atoms with Crippen molar-refractivity contribution < 1.29 is 13.2 Å². The minimum atomic E-state index is -4.33. The molecule has 20 heavy (non-hydrogen) atoms. The van der Waals surface area contributed by atoms with Gasteiger partial charge in [0.05, 0.1) is 5.56 Å². The molecule has 1 aromatic rings. The molecule has 114 valence electrons. The molecule has 0 fully saturated rings. The molecular weight excluding hydrogens is 265 g/mol. The molecule has 0 saturated carbocycles. The molecule has 5 heteroatoms. The summed E-state index contributed by atoms with van der Waals surface area (Å²) in [5.41, 5.74) is 0.103. The van der Waals surface area contributed by atoms with E-state index in [1.54, 1.807) is 19.2 Å². The zero-order valence-electron chi connectivity index (χ0n) is 12.7. The standard InChI is InChI=1S/C15H23F3N2/c1-6-14(2,3)20(5)12-8-7-11(10-19-4)13(9-12)15(16,17)18/h7-9,19H,6,10H2,1-5H3. The van der Waals surface area contributed by atoms with E-state index in [0.29, 0.717) is 5.69 Å². The van der Waals surface area contributed by atoms with E-state index in [1.807, 2.05) is 32.7 Å². The van der Waals surface area contributed by atoms with Crippen LogP contribution in [-0.2, 0) is 12.7 Å². The van der Waals surface area contributed by atoms with Crippen LogP contribution < -0.4 is 10.2 Å². The monoisotopic (exact) mass is 288 g/mol. The molecule has 0 aromatic heterocycles. The second-order valence-corrected chi connectivity index (χ2v) is 5.59. The van der Waals surface area contributed by atoms with Crippen molar-refractivity contribution in [3.63, 3.8) is 0 Å². The van der Waals surface area contributed by atoms with E-state index in [1.165, 1.54) is 6.07 Å². The minimum Gasteiger partial charge on any atom is -0.369 e. The summed E-state index contributed by atoms with van der Waals surface area (Å²) in [5, 5.41) is 2.77. The molecule has 0 saturated heterocycles. The molecule has 0 amide bonds. The Morgan fingerprint density at radius 3 is 2.25 bits per heavy atom. The molecule has 0 atom stereocenters. The van der Waals surface area contributed by atoms with Crippen molar-refractivity contribution in [1.82, 2.24) is 5.32 Å². The summed E-state index contributed by atoms with van der Waals surface area (Å²) in [6, 6.07) is 4.54. The smallest absolute Gasteiger partial charge is 0.369 e. The van der Waals surface area contributed by atoms with Crippen LogP contribution in [0.25, 0.3) is 0 Å². The summed E-state index contributed by atoms with van der Waals surface area (Å²) in [7, 11) is 3.47. The van der Waals surface area contributed by atoms with E-state index in [4.69, 9.17) is 0 Å². The third kappa shape index (κ3) is 3.66. The van der Waals surface area contributed by atoms with Crippen molar-refractivity contribution in [2.45, 2.75) is 45.5 Å². The first-order chi connectivity index (χ1) is 9.13. The fourth-order valence-corrected chi connectivity index (χ4v) is 1.97. The Hall–Kier alpha value is -1.23. The number of alkyl halides is 3. The highest BCUT2D eigenvalue weighted by atomic mass is 19.4. The summed E-state index contributed by atoms with van der Waals surface area (Å²) >= 11 is 0. The van der Waals surface area contributed by atoms with Crippen molar-refractivity contribution in [2.75, 3.05) is 19.0 Å². The molecular formula is C15H23F3N2. The summed E-state index contributed by atoms with van der Waals surface area (Å²) in [5.74, 6) is 0. The molecule has 1 aromatic carbocycles. The van der Waals surface area contributed by atoms with E-state index < -0.39 is 11.7 Å². The summed E-state index contributed by atoms with van der Waals surface area (Å²) in [6.07, 6.45) is -3.48. The van der Waals surface area contributed by atoms with Crippen molar-refractivity contribution in [2.24, 2.45) is 0 Å². The van der Waals surface area contributed by atoms with Crippen molar-refractivity contribution in [3.05, 3.63) is 29.3 Å². The third-order valence-corrected chi connectivity index (χ3v) is 3.93. The number of hydrogen-bond donors (Lipinski definition) is 1. The van der Waals surface area contributed by atoms with E-state index in [-0.39, 0.29) is 17.6 Å². The predicted molar refractivity (Wildman–Crippen MR) is 77.0 cm³/mol. The number of hydrogen-bond acceptors (Lipinski definition) is 2. The van der Waals surface area contributed by atoms with E-state index in [2.05, 4.69) is 5.32 Å². The van der Waals surface area contributed by atoms with Crippen molar-refractivity contribution in [3.8, 4) is 0 Å². The Balaban J connectivity index is 3.26. The van der Waals surface area contributed by atoms with E-state index >= 15 is 0 Å². The second kappa shape index (κ2) is 6.04. The molecule has 0 bridgehead atoms. The maximum atomic E-state index is 13.1. The Kier molecular flexibility index (Phi) is 5.08. The molecule has 0 heterocycles. The van der Waals surface area contributed by atoms with Gasteiger partial charge in [0.1, 0.15) is 0 Å². The van der Waals surface area contributed by atoms with E-state index in [9.17, 15) is 13.2 Å². The van der Waals surface area contributed by atoms with Gasteiger partial charge in [-0.2, -0.15) is 13.2 Å². The quantitative estimate of drug-likeness (QED) is 0.879. The average Bonchev–Trinajstić information content (AvgIpc) is 2.37. The molecule has 0 aliphatic rings.